The number of aliphatic hydroxyl groups excluding tert-OH is 1. The Labute approximate surface area is 103 Å². The minimum Gasteiger partial charge on any atom is -0.453 e. The number of aliphatic hydroxyl groups is 1. The maximum atomic E-state index is 9.99. The summed E-state index contributed by atoms with van der Waals surface area (Å²) < 4.78 is 4.96. The van der Waals surface area contributed by atoms with Crippen molar-refractivity contribution in [2.24, 2.45) is 0 Å². The highest BCUT2D eigenvalue weighted by Gasteiger charge is 2.15. The summed E-state index contributed by atoms with van der Waals surface area (Å²) in [5.41, 5.74) is 0.660. The van der Waals surface area contributed by atoms with E-state index in [0.29, 0.717) is 12.0 Å². The molecule has 4 heteroatoms. The number of aryl methyl sites for hydroxylation is 1. The van der Waals surface area contributed by atoms with Crippen LogP contribution >= 0.6 is 22.9 Å². The molecule has 2 nitrogen and oxygen atoms in total. The van der Waals surface area contributed by atoms with Crippen molar-refractivity contribution < 1.29 is 9.52 Å². The highest BCUT2D eigenvalue weighted by molar-refractivity contribution is 7.11. The molecule has 16 heavy (non-hydrogen) atoms. The molecule has 0 aliphatic heterocycles. The van der Waals surface area contributed by atoms with Crippen LogP contribution in [0, 0.1) is 0 Å². The first-order valence-electron chi connectivity index (χ1n) is 5.19. The lowest BCUT2D eigenvalue weighted by Crippen LogP contribution is -1.99. The summed E-state index contributed by atoms with van der Waals surface area (Å²) in [5, 5.41) is 10.3. The van der Waals surface area contributed by atoms with Gasteiger partial charge in [-0.2, -0.15) is 0 Å². The van der Waals surface area contributed by atoms with Crippen LogP contribution in [0.25, 0.3) is 0 Å². The number of thiophene rings is 1. The maximum absolute atomic E-state index is 9.99. The van der Waals surface area contributed by atoms with Gasteiger partial charge in [0.1, 0.15) is 0 Å². The zero-order valence-corrected chi connectivity index (χ0v) is 10.5. The molecule has 0 aromatic carbocycles. The molecule has 1 atom stereocenters. The summed E-state index contributed by atoms with van der Waals surface area (Å²) in [6.45, 7) is 2.12. The van der Waals surface area contributed by atoms with Crippen molar-refractivity contribution in [3.63, 3.8) is 0 Å². The van der Waals surface area contributed by atoms with Gasteiger partial charge in [0.25, 0.3) is 0 Å². The molecule has 0 radical (unpaired) electrons. The zero-order valence-electron chi connectivity index (χ0n) is 8.94. The van der Waals surface area contributed by atoms with E-state index >= 15 is 0 Å². The van der Waals surface area contributed by atoms with Gasteiger partial charge >= 0.3 is 0 Å². The van der Waals surface area contributed by atoms with E-state index in [4.69, 9.17) is 16.0 Å². The topological polar surface area (TPSA) is 33.4 Å². The lowest BCUT2D eigenvalue weighted by atomic mass is 10.1. The van der Waals surface area contributed by atoms with Gasteiger partial charge in [-0.3, -0.25) is 0 Å². The van der Waals surface area contributed by atoms with Crippen LogP contribution in [0.5, 0.6) is 0 Å². The monoisotopic (exact) mass is 256 g/mol. The number of hydrogen-bond donors (Lipinski definition) is 1. The molecule has 0 saturated heterocycles. The molecule has 1 N–H and O–H groups in total. The summed E-state index contributed by atoms with van der Waals surface area (Å²) in [6, 6.07) is 5.87. The number of halogens is 1. The second-order valence-corrected chi connectivity index (χ2v) is 5.19. The Hall–Kier alpha value is -0.770. The maximum Gasteiger partial charge on any atom is 0.198 e. The first-order chi connectivity index (χ1) is 7.70. The lowest BCUT2D eigenvalue weighted by molar-refractivity contribution is 0.178. The quantitative estimate of drug-likeness (QED) is 0.902. The van der Waals surface area contributed by atoms with E-state index in [1.165, 1.54) is 16.0 Å². The van der Waals surface area contributed by atoms with Gasteiger partial charge in [-0.1, -0.05) is 6.92 Å². The smallest absolute Gasteiger partial charge is 0.198 e. The molecule has 0 fully saturated rings. The second-order valence-electron chi connectivity index (χ2n) is 3.59. The van der Waals surface area contributed by atoms with Crippen LogP contribution < -0.4 is 0 Å². The number of furan rings is 1. The zero-order chi connectivity index (χ0) is 11.5. The Morgan fingerprint density at radius 3 is 2.69 bits per heavy atom. The van der Waals surface area contributed by atoms with Gasteiger partial charge in [0.2, 0.25) is 0 Å². The standard InChI is InChI=1S/C12H13ClO2S/c1-2-8-3-4-9(16-8)7-11(14)10-5-6-15-12(10)13/h3-6,11,14H,2,7H2,1H3. The molecule has 0 saturated carbocycles. The fourth-order valence-corrected chi connectivity index (χ4v) is 2.80. The van der Waals surface area contributed by atoms with Crippen molar-refractivity contribution >= 4 is 22.9 Å². The van der Waals surface area contributed by atoms with Gasteiger partial charge in [-0.25, -0.2) is 0 Å². The molecule has 0 spiro atoms. The normalized spacial score (nSPS) is 12.9. The first-order valence-corrected chi connectivity index (χ1v) is 6.38. The summed E-state index contributed by atoms with van der Waals surface area (Å²) in [7, 11) is 0. The molecule has 86 valence electrons. The Morgan fingerprint density at radius 2 is 2.12 bits per heavy atom. The average molecular weight is 257 g/mol. The van der Waals surface area contributed by atoms with Crippen LogP contribution in [0.1, 0.15) is 28.3 Å². The summed E-state index contributed by atoms with van der Waals surface area (Å²) in [5.74, 6) is 0. The molecular formula is C12H13ClO2S. The lowest BCUT2D eigenvalue weighted by Gasteiger charge is -2.06. The Balaban J connectivity index is 2.07. The van der Waals surface area contributed by atoms with E-state index in [-0.39, 0.29) is 5.22 Å². The van der Waals surface area contributed by atoms with E-state index in [1.54, 1.807) is 17.4 Å². The molecule has 1 unspecified atom stereocenters. The van der Waals surface area contributed by atoms with Crippen LogP contribution in [0.4, 0.5) is 0 Å². The van der Waals surface area contributed by atoms with Crippen molar-refractivity contribution in [2.75, 3.05) is 0 Å². The molecule has 0 aliphatic rings. The molecule has 0 bridgehead atoms. The van der Waals surface area contributed by atoms with Gasteiger partial charge in [0.15, 0.2) is 5.22 Å². The Bertz CT molecular complexity index is 461. The summed E-state index contributed by atoms with van der Waals surface area (Å²) in [4.78, 5) is 2.50. The van der Waals surface area contributed by atoms with Crippen molar-refractivity contribution in [2.45, 2.75) is 25.9 Å². The molecule has 0 aliphatic carbocycles. The number of rotatable bonds is 4. The van der Waals surface area contributed by atoms with Crippen molar-refractivity contribution in [3.05, 3.63) is 45.0 Å². The van der Waals surface area contributed by atoms with Crippen LogP contribution in [0.15, 0.2) is 28.9 Å². The highest BCUT2D eigenvalue weighted by Crippen LogP contribution is 2.28. The van der Waals surface area contributed by atoms with Crippen LogP contribution in [0.3, 0.4) is 0 Å². The van der Waals surface area contributed by atoms with Crippen molar-refractivity contribution in [1.82, 2.24) is 0 Å². The average Bonchev–Trinajstić information content (AvgIpc) is 2.86. The second kappa shape index (κ2) is 5.04. The van der Waals surface area contributed by atoms with Gasteiger partial charge < -0.3 is 9.52 Å². The molecular weight excluding hydrogens is 244 g/mol. The van der Waals surface area contributed by atoms with Gasteiger partial charge in [0, 0.05) is 21.7 Å². The van der Waals surface area contributed by atoms with Gasteiger partial charge in [-0.15, -0.1) is 11.3 Å². The van der Waals surface area contributed by atoms with Crippen LogP contribution in [-0.2, 0) is 12.8 Å². The minimum absolute atomic E-state index is 0.278. The predicted molar refractivity (Wildman–Crippen MR) is 66.1 cm³/mol. The van der Waals surface area contributed by atoms with Crippen molar-refractivity contribution in [1.29, 1.82) is 0 Å². The first kappa shape index (κ1) is 11.7. The van der Waals surface area contributed by atoms with E-state index in [9.17, 15) is 5.11 Å². The number of hydrogen-bond acceptors (Lipinski definition) is 3. The highest BCUT2D eigenvalue weighted by atomic mass is 35.5. The van der Waals surface area contributed by atoms with E-state index in [1.807, 2.05) is 0 Å². The molecule has 2 heterocycles. The summed E-state index contributed by atoms with van der Waals surface area (Å²) >= 11 is 7.54. The van der Waals surface area contributed by atoms with E-state index in [0.717, 1.165) is 6.42 Å². The Morgan fingerprint density at radius 1 is 1.38 bits per heavy atom. The third-order valence-corrected chi connectivity index (χ3v) is 4.02. The minimum atomic E-state index is -0.588. The largest absolute Gasteiger partial charge is 0.453 e. The SMILES string of the molecule is CCc1ccc(CC(O)c2ccoc2Cl)s1. The fraction of sp³-hybridized carbons (Fsp3) is 0.333. The van der Waals surface area contributed by atoms with Gasteiger partial charge in [-0.05, 0) is 36.2 Å². The fourth-order valence-electron chi connectivity index (χ4n) is 1.57. The van der Waals surface area contributed by atoms with Gasteiger partial charge in [0.05, 0.1) is 12.4 Å². The molecule has 0 amide bonds. The van der Waals surface area contributed by atoms with Crippen molar-refractivity contribution in [3.8, 4) is 0 Å². The van der Waals surface area contributed by atoms with Crippen LogP contribution in [-0.4, -0.2) is 5.11 Å². The third kappa shape index (κ3) is 2.48. The van der Waals surface area contributed by atoms with Crippen LogP contribution in [0.2, 0.25) is 5.22 Å². The third-order valence-electron chi connectivity index (χ3n) is 2.47. The molecule has 2 aromatic heterocycles. The summed E-state index contributed by atoms with van der Waals surface area (Å²) in [6.07, 6.45) is 2.53. The van der Waals surface area contributed by atoms with E-state index < -0.39 is 6.10 Å². The molecule has 2 rings (SSSR count). The Kier molecular flexibility index (Phi) is 3.69. The van der Waals surface area contributed by atoms with E-state index in [2.05, 4.69) is 19.1 Å². The predicted octanol–water partition coefficient (Wildman–Crippen LogP) is 3.83. The molecule has 2 aromatic rings.